The van der Waals surface area contributed by atoms with E-state index in [2.05, 4.69) is 36.7 Å². The summed E-state index contributed by atoms with van der Waals surface area (Å²) in [6, 6.07) is 5.60. The normalized spacial score (nSPS) is 33.7. The van der Waals surface area contributed by atoms with Crippen molar-refractivity contribution in [1.29, 1.82) is 0 Å². The SMILES string of the molecule is CC1OC(C)C(C(Br)c2cc(Cl)ccc2Cl)C1C. The summed E-state index contributed by atoms with van der Waals surface area (Å²) in [6.45, 7) is 6.48. The minimum Gasteiger partial charge on any atom is -0.375 e. The summed E-state index contributed by atoms with van der Waals surface area (Å²) < 4.78 is 5.89. The Morgan fingerprint density at radius 1 is 1.17 bits per heavy atom. The lowest BCUT2D eigenvalue weighted by atomic mass is 9.84. The second kappa shape index (κ2) is 5.70. The third-order valence-corrected chi connectivity index (χ3v) is 5.59. The molecule has 0 spiro atoms. The Morgan fingerprint density at radius 3 is 2.39 bits per heavy atom. The lowest BCUT2D eigenvalue weighted by Crippen LogP contribution is -2.22. The molecule has 0 radical (unpaired) electrons. The van der Waals surface area contributed by atoms with Crippen LogP contribution in [0.4, 0.5) is 0 Å². The molecule has 0 aliphatic carbocycles. The van der Waals surface area contributed by atoms with E-state index in [9.17, 15) is 0 Å². The van der Waals surface area contributed by atoms with Gasteiger partial charge in [-0.2, -0.15) is 0 Å². The first-order valence-corrected chi connectivity index (χ1v) is 7.83. The van der Waals surface area contributed by atoms with E-state index < -0.39 is 0 Å². The van der Waals surface area contributed by atoms with Gasteiger partial charge in [-0.05, 0) is 43.5 Å². The summed E-state index contributed by atoms with van der Waals surface area (Å²) >= 11 is 16.1. The quantitative estimate of drug-likeness (QED) is 0.640. The maximum Gasteiger partial charge on any atom is 0.0596 e. The van der Waals surface area contributed by atoms with Crippen molar-refractivity contribution in [2.45, 2.75) is 37.8 Å². The molecule has 0 saturated carbocycles. The zero-order valence-corrected chi connectivity index (χ0v) is 13.8. The lowest BCUT2D eigenvalue weighted by Gasteiger charge is -2.25. The second-order valence-electron chi connectivity index (χ2n) is 5.05. The van der Waals surface area contributed by atoms with Crippen LogP contribution in [0, 0.1) is 11.8 Å². The van der Waals surface area contributed by atoms with E-state index in [4.69, 9.17) is 27.9 Å². The number of alkyl halides is 1. The van der Waals surface area contributed by atoms with Crippen LogP contribution in [0.1, 0.15) is 31.2 Å². The van der Waals surface area contributed by atoms with Crippen molar-refractivity contribution in [3.63, 3.8) is 0 Å². The average molecular weight is 352 g/mol. The third-order valence-electron chi connectivity index (χ3n) is 3.91. The van der Waals surface area contributed by atoms with Crippen LogP contribution in [-0.4, -0.2) is 12.2 Å². The fourth-order valence-corrected chi connectivity index (χ4v) is 4.57. The van der Waals surface area contributed by atoms with Gasteiger partial charge in [-0.1, -0.05) is 46.1 Å². The van der Waals surface area contributed by atoms with Gasteiger partial charge in [-0.15, -0.1) is 0 Å². The Labute approximate surface area is 127 Å². The van der Waals surface area contributed by atoms with E-state index in [0.29, 0.717) is 16.9 Å². The van der Waals surface area contributed by atoms with Crippen LogP contribution in [0.2, 0.25) is 10.0 Å². The fraction of sp³-hybridized carbons (Fsp3) is 0.571. The summed E-state index contributed by atoms with van der Waals surface area (Å²) in [5, 5.41) is 1.46. The summed E-state index contributed by atoms with van der Waals surface area (Å²) in [7, 11) is 0. The molecule has 18 heavy (non-hydrogen) atoms. The minimum atomic E-state index is 0.165. The second-order valence-corrected chi connectivity index (χ2v) is 6.88. The third kappa shape index (κ3) is 2.72. The first-order chi connectivity index (χ1) is 8.41. The van der Waals surface area contributed by atoms with Crippen molar-refractivity contribution in [2.24, 2.45) is 11.8 Å². The number of ether oxygens (including phenoxy) is 1. The molecule has 1 nitrogen and oxygen atoms in total. The van der Waals surface area contributed by atoms with Crippen molar-refractivity contribution in [3.8, 4) is 0 Å². The molecule has 1 fully saturated rings. The number of hydrogen-bond acceptors (Lipinski definition) is 1. The van der Waals surface area contributed by atoms with Crippen LogP contribution in [0.15, 0.2) is 18.2 Å². The molecule has 0 bridgehead atoms. The van der Waals surface area contributed by atoms with E-state index in [-0.39, 0.29) is 17.0 Å². The maximum atomic E-state index is 6.27. The highest BCUT2D eigenvalue weighted by atomic mass is 79.9. The highest BCUT2D eigenvalue weighted by Crippen LogP contribution is 2.46. The van der Waals surface area contributed by atoms with Gasteiger partial charge in [0.15, 0.2) is 0 Å². The van der Waals surface area contributed by atoms with Crippen LogP contribution in [0.5, 0.6) is 0 Å². The Hall–Kier alpha value is 0.240. The predicted octanol–water partition coefficient (Wildman–Crippen LogP) is 5.49. The minimum absolute atomic E-state index is 0.165. The molecule has 1 aromatic rings. The molecule has 0 N–H and O–H groups in total. The monoisotopic (exact) mass is 350 g/mol. The molecular weight excluding hydrogens is 335 g/mol. The topological polar surface area (TPSA) is 9.23 Å². The first kappa shape index (κ1) is 14.6. The number of hydrogen-bond donors (Lipinski definition) is 0. The molecule has 1 aromatic carbocycles. The predicted molar refractivity (Wildman–Crippen MR) is 80.8 cm³/mol. The van der Waals surface area contributed by atoms with Gasteiger partial charge in [-0.3, -0.25) is 0 Å². The molecule has 0 amide bonds. The summed E-state index contributed by atoms with van der Waals surface area (Å²) in [4.78, 5) is 0.165. The van der Waals surface area contributed by atoms with Gasteiger partial charge in [-0.25, -0.2) is 0 Å². The first-order valence-electron chi connectivity index (χ1n) is 6.16. The van der Waals surface area contributed by atoms with E-state index in [1.807, 2.05) is 18.2 Å². The molecule has 1 aliphatic rings. The standard InChI is InChI=1S/C14H17BrCl2O/c1-7-8(2)18-9(3)13(7)14(15)11-6-10(16)4-5-12(11)17/h4-9,13-14H,1-3H3. The van der Waals surface area contributed by atoms with Crippen molar-refractivity contribution in [1.82, 2.24) is 0 Å². The largest absolute Gasteiger partial charge is 0.375 e. The molecule has 0 aromatic heterocycles. The number of benzene rings is 1. The van der Waals surface area contributed by atoms with Gasteiger partial charge in [0, 0.05) is 20.8 Å². The molecule has 1 heterocycles. The molecule has 2 rings (SSSR count). The van der Waals surface area contributed by atoms with E-state index in [0.717, 1.165) is 10.6 Å². The Morgan fingerprint density at radius 2 is 1.83 bits per heavy atom. The molecule has 4 heteroatoms. The molecule has 100 valence electrons. The van der Waals surface area contributed by atoms with Gasteiger partial charge in [0.1, 0.15) is 0 Å². The summed E-state index contributed by atoms with van der Waals surface area (Å²) in [5.41, 5.74) is 1.05. The van der Waals surface area contributed by atoms with Crippen LogP contribution in [0.3, 0.4) is 0 Å². The highest BCUT2D eigenvalue weighted by molar-refractivity contribution is 9.09. The lowest BCUT2D eigenvalue weighted by molar-refractivity contribution is 0.0511. The van der Waals surface area contributed by atoms with Gasteiger partial charge < -0.3 is 4.74 Å². The van der Waals surface area contributed by atoms with Crippen molar-refractivity contribution < 1.29 is 4.74 Å². The molecule has 1 saturated heterocycles. The summed E-state index contributed by atoms with van der Waals surface area (Å²) in [6.07, 6.45) is 0.498. The van der Waals surface area contributed by atoms with Crippen LogP contribution in [-0.2, 0) is 4.74 Å². The smallest absolute Gasteiger partial charge is 0.0596 e. The van der Waals surface area contributed by atoms with E-state index in [1.54, 1.807) is 0 Å². The average Bonchev–Trinajstić information content (AvgIpc) is 2.56. The fourth-order valence-electron chi connectivity index (χ4n) is 2.73. The Kier molecular flexibility index (Phi) is 4.64. The number of rotatable bonds is 2. The van der Waals surface area contributed by atoms with E-state index >= 15 is 0 Å². The van der Waals surface area contributed by atoms with Gasteiger partial charge >= 0.3 is 0 Å². The molecule has 5 atom stereocenters. The van der Waals surface area contributed by atoms with Crippen molar-refractivity contribution >= 4 is 39.1 Å². The Bertz CT molecular complexity index is 438. The van der Waals surface area contributed by atoms with Crippen LogP contribution >= 0.6 is 39.1 Å². The van der Waals surface area contributed by atoms with Gasteiger partial charge in [0.2, 0.25) is 0 Å². The van der Waals surface area contributed by atoms with E-state index in [1.165, 1.54) is 0 Å². The van der Waals surface area contributed by atoms with Crippen molar-refractivity contribution in [3.05, 3.63) is 33.8 Å². The van der Waals surface area contributed by atoms with Gasteiger partial charge in [0.25, 0.3) is 0 Å². The summed E-state index contributed by atoms with van der Waals surface area (Å²) in [5.74, 6) is 0.885. The van der Waals surface area contributed by atoms with Crippen LogP contribution in [0.25, 0.3) is 0 Å². The van der Waals surface area contributed by atoms with Crippen molar-refractivity contribution in [2.75, 3.05) is 0 Å². The highest BCUT2D eigenvalue weighted by Gasteiger charge is 2.41. The van der Waals surface area contributed by atoms with Crippen LogP contribution < -0.4 is 0 Å². The molecular formula is C14H17BrCl2O. The zero-order chi connectivity index (χ0) is 13.4. The number of halogens is 3. The Balaban J connectivity index is 2.30. The maximum absolute atomic E-state index is 6.27. The van der Waals surface area contributed by atoms with Gasteiger partial charge in [0.05, 0.1) is 12.2 Å². The molecule has 1 aliphatic heterocycles. The molecule has 5 unspecified atom stereocenters. The zero-order valence-electron chi connectivity index (χ0n) is 10.7.